The molecule has 90 valence electrons. The molecule has 0 aliphatic carbocycles. The van der Waals surface area contributed by atoms with Gasteiger partial charge in [-0.15, -0.1) is 0 Å². The van der Waals surface area contributed by atoms with Gasteiger partial charge in [-0.3, -0.25) is 10.5 Å². The molecular formula is C12H15BrN4. The first-order chi connectivity index (χ1) is 8.11. The molecule has 0 fully saturated rings. The Bertz CT molecular complexity index is 521. The molecule has 1 aromatic heterocycles. The average Bonchev–Trinajstić information content (AvgIpc) is 2.71. The zero-order chi connectivity index (χ0) is 12.4. The van der Waals surface area contributed by atoms with Gasteiger partial charge in [-0.1, -0.05) is 28.1 Å². The van der Waals surface area contributed by atoms with E-state index in [1.807, 2.05) is 19.4 Å². The quantitative estimate of drug-likeness (QED) is 0.673. The Morgan fingerprint density at radius 2 is 2.18 bits per heavy atom. The topological polar surface area (TPSA) is 55.9 Å². The lowest BCUT2D eigenvalue weighted by Crippen LogP contribution is -2.28. The number of benzene rings is 1. The Morgan fingerprint density at radius 3 is 2.71 bits per heavy atom. The van der Waals surface area contributed by atoms with Crippen LogP contribution in [0.25, 0.3) is 0 Å². The van der Waals surface area contributed by atoms with Crippen LogP contribution in [-0.4, -0.2) is 9.78 Å². The van der Waals surface area contributed by atoms with Crippen LogP contribution in [0, 0.1) is 6.92 Å². The number of nitrogens with one attached hydrogen (secondary N) is 1. The largest absolute Gasteiger partial charge is 0.275 e. The molecule has 0 amide bonds. The minimum Gasteiger partial charge on any atom is -0.275 e. The predicted octanol–water partition coefficient (Wildman–Crippen LogP) is 2.04. The molecule has 3 N–H and O–H groups in total. The van der Waals surface area contributed by atoms with Crippen LogP contribution >= 0.6 is 15.9 Å². The van der Waals surface area contributed by atoms with Gasteiger partial charge >= 0.3 is 0 Å². The van der Waals surface area contributed by atoms with E-state index in [1.54, 1.807) is 4.68 Å². The number of rotatable bonds is 3. The van der Waals surface area contributed by atoms with Crippen LogP contribution in [0.2, 0.25) is 0 Å². The monoisotopic (exact) mass is 294 g/mol. The van der Waals surface area contributed by atoms with E-state index in [2.05, 4.69) is 51.6 Å². The summed E-state index contributed by atoms with van der Waals surface area (Å²) in [4.78, 5) is 0. The summed E-state index contributed by atoms with van der Waals surface area (Å²) in [6, 6.07) is 6.17. The molecule has 1 aromatic carbocycles. The van der Waals surface area contributed by atoms with Gasteiger partial charge in [0.2, 0.25) is 0 Å². The van der Waals surface area contributed by atoms with Gasteiger partial charge in [0.15, 0.2) is 0 Å². The lowest BCUT2D eigenvalue weighted by molar-refractivity contribution is 0.635. The Kier molecular flexibility index (Phi) is 3.61. The van der Waals surface area contributed by atoms with Gasteiger partial charge in [0.1, 0.15) is 0 Å². The number of hydrazine groups is 1. The van der Waals surface area contributed by atoms with Gasteiger partial charge in [-0.2, -0.15) is 5.10 Å². The highest BCUT2D eigenvalue weighted by molar-refractivity contribution is 9.10. The fraction of sp³-hybridized carbons (Fsp3) is 0.250. The highest BCUT2D eigenvalue weighted by atomic mass is 79.9. The van der Waals surface area contributed by atoms with E-state index in [0.29, 0.717) is 0 Å². The lowest BCUT2D eigenvalue weighted by atomic mass is 10.0. The fourth-order valence-corrected chi connectivity index (χ4v) is 2.16. The predicted molar refractivity (Wildman–Crippen MR) is 71.3 cm³/mol. The van der Waals surface area contributed by atoms with E-state index in [4.69, 9.17) is 5.84 Å². The molecule has 0 aliphatic rings. The Labute approximate surface area is 109 Å². The third-order valence-corrected chi connectivity index (χ3v) is 3.61. The van der Waals surface area contributed by atoms with Crippen LogP contribution in [0.3, 0.4) is 0 Å². The molecule has 4 nitrogen and oxygen atoms in total. The fourth-order valence-electron chi connectivity index (χ4n) is 1.76. The summed E-state index contributed by atoms with van der Waals surface area (Å²) in [5, 5.41) is 4.16. The summed E-state index contributed by atoms with van der Waals surface area (Å²) in [5.74, 6) is 5.63. The standard InChI is InChI=1S/C12H15BrN4/c1-8-3-4-9(5-11(8)13)12(16-14)10-6-15-17(2)7-10/h3-7,12,16H,14H2,1-2H3. The molecule has 2 aromatic rings. The second-order valence-corrected chi connectivity index (χ2v) is 4.91. The van der Waals surface area contributed by atoms with E-state index in [1.165, 1.54) is 5.56 Å². The highest BCUT2D eigenvalue weighted by Crippen LogP contribution is 2.25. The van der Waals surface area contributed by atoms with Crippen LogP contribution in [0.15, 0.2) is 35.1 Å². The van der Waals surface area contributed by atoms with Crippen molar-refractivity contribution in [3.8, 4) is 0 Å². The minimum atomic E-state index is -0.0411. The Balaban J connectivity index is 2.38. The molecule has 1 atom stereocenters. The van der Waals surface area contributed by atoms with Crippen LogP contribution in [0.5, 0.6) is 0 Å². The van der Waals surface area contributed by atoms with Gasteiger partial charge in [0.05, 0.1) is 12.2 Å². The zero-order valence-electron chi connectivity index (χ0n) is 9.81. The van der Waals surface area contributed by atoms with E-state index in [0.717, 1.165) is 15.6 Å². The highest BCUT2D eigenvalue weighted by Gasteiger charge is 2.14. The molecule has 1 unspecified atom stereocenters. The number of hydrogen-bond donors (Lipinski definition) is 2. The van der Waals surface area contributed by atoms with Gasteiger partial charge < -0.3 is 0 Å². The molecule has 0 saturated carbocycles. The summed E-state index contributed by atoms with van der Waals surface area (Å²) in [7, 11) is 1.89. The van der Waals surface area contributed by atoms with Crippen LogP contribution in [0.1, 0.15) is 22.7 Å². The van der Waals surface area contributed by atoms with Crippen molar-refractivity contribution in [3.63, 3.8) is 0 Å². The van der Waals surface area contributed by atoms with Crippen LogP contribution in [0.4, 0.5) is 0 Å². The molecule has 0 spiro atoms. The van der Waals surface area contributed by atoms with Crippen LogP contribution < -0.4 is 11.3 Å². The summed E-state index contributed by atoms with van der Waals surface area (Å²) in [6.07, 6.45) is 3.77. The minimum absolute atomic E-state index is 0.0411. The molecule has 2 rings (SSSR count). The molecule has 5 heteroatoms. The Hall–Kier alpha value is -1.17. The molecule has 0 saturated heterocycles. The van der Waals surface area contributed by atoms with E-state index >= 15 is 0 Å². The van der Waals surface area contributed by atoms with E-state index in [-0.39, 0.29) is 6.04 Å². The molecule has 0 radical (unpaired) electrons. The maximum Gasteiger partial charge on any atom is 0.0741 e. The van der Waals surface area contributed by atoms with Crippen molar-refractivity contribution in [3.05, 3.63) is 51.8 Å². The number of nitrogens with zero attached hydrogens (tertiary/aromatic N) is 2. The van der Waals surface area contributed by atoms with Crippen molar-refractivity contribution in [2.24, 2.45) is 12.9 Å². The summed E-state index contributed by atoms with van der Waals surface area (Å²) in [5.41, 5.74) is 6.18. The zero-order valence-corrected chi connectivity index (χ0v) is 11.4. The van der Waals surface area contributed by atoms with Crippen molar-refractivity contribution in [2.45, 2.75) is 13.0 Å². The van der Waals surface area contributed by atoms with Crippen molar-refractivity contribution < 1.29 is 0 Å². The number of halogens is 1. The molecule has 1 heterocycles. The first-order valence-corrected chi connectivity index (χ1v) is 6.12. The number of hydrogen-bond acceptors (Lipinski definition) is 3. The number of nitrogens with two attached hydrogens (primary N) is 1. The normalized spacial score (nSPS) is 12.7. The van der Waals surface area contributed by atoms with Crippen LogP contribution in [-0.2, 0) is 7.05 Å². The van der Waals surface area contributed by atoms with Gasteiger partial charge in [-0.05, 0) is 24.1 Å². The molecule has 0 bridgehead atoms. The first-order valence-electron chi connectivity index (χ1n) is 5.32. The van der Waals surface area contributed by atoms with Crippen molar-refractivity contribution >= 4 is 15.9 Å². The summed E-state index contributed by atoms with van der Waals surface area (Å²) in [6.45, 7) is 2.06. The molecule has 17 heavy (non-hydrogen) atoms. The third kappa shape index (κ3) is 2.57. The van der Waals surface area contributed by atoms with Gasteiger partial charge in [0.25, 0.3) is 0 Å². The maximum absolute atomic E-state index is 5.63. The van der Waals surface area contributed by atoms with Gasteiger partial charge in [-0.25, -0.2) is 5.43 Å². The van der Waals surface area contributed by atoms with Crippen molar-refractivity contribution in [1.82, 2.24) is 15.2 Å². The van der Waals surface area contributed by atoms with Crippen molar-refractivity contribution in [1.29, 1.82) is 0 Å². The Morgan fingerprint density at radius 1 is 1.41 bits per heavy atom. The van der Waals surface area contributed by atoms with E-state index in [9.17, 15) is 0 Å². The lowest BCUT2D eigenvalue weighted by Gasteiger charge is -2.15. The number of aryl methyl sites for hydroxylation is 2. The SMILES string of the molecule is Cc1ccc(C(NN)c2cnn(C)c2)cc1Br. The molecular weight excluding hydrogens is 280 g/mol. The van der Waals surface area contributed by atoms with Gasteiger partial charge in [0, 0.05) is 23.3 Å². The number of aromatic nitrogens is 2. The average molecular weight is 295 g/mol. The maximum atomic E-state index is 5.63. The first kappa shape index (κ1) is 12.3. The van der Waals surface area contributed by atoms with Crippen molar-refractivity contribution in [2.75, 3.05) is 0 Å². The third-order valence-electron chi connectivity index (χ3n) is 2.75. The summed E-state index contributed by atoms with van der Waals surface area (Å²) < 4.78 is 2.85. The second kappa shape index (κ2) is 5.00. The molecule has 0 aliphatic heterocycles. The van der Waals surface area contributed by atoms with E-state index < -0.39 is 0 Å². The smallest absolute Gasteiger partial charge is 0.0741 e. The summed E-state index contributed by atoms with van der Waals surface area (Å²) >= 11 is 3.53. The second-order valence-electron chi connectivity index (χ2n) is 4.06.